The number of ether oxygens (including phenoxy) is 1. The number of H-pyrrole nitrogens is 1. The molecular weight excluding hydrogens is 174 g/mol. The van der Waals surface area contributed by atoms with Crippen LogP contribution in [0.4, 0.5) is 0 Å². The number of rotatable bonds is 2. The van der Waals surface area contributed by atoms with Crippen LogP contribution in [0.3, 0.4) is 0 Å². The van der Waals surface area contributed by atoms with E-state index < -0.39 is 0 Å². The second-order valence-corrected chi connectivity index (χ2v) is 2.50. The van der Waals surface area contributed by atoms with Crippen molar-refractivity contribution in [2.24, 2.45) is 0 Å². The topological polar surface area (TPSA) is 81.0 Å². The lowest BCUT2D eigenvalue weighted by Crippen LogP contribution is -2.08. The first-order chi connectivity index (χ1) is 6.33. The van der Waals surface area contributed by atoms with Crippen molar-refractivity contribution < 1.29 is 9.26 Å². The quantitative estimate of drug-likeness (QED) is 0.708. The van der Waals surface area contributed by atoms with Crippen molar-refractivity contribution in [3.05, 3.63) is 22.2 Å². The van der Waals surface area contributed by atoms with E-state index in [2.05, 4.69) is 15.4 Å². The van der Waals surface area contributed by atoms with Crippen LogP contribution in [0.15, 0.2) is 15.5 Å². The van der Waals surface area contributed by atoms with E-state index in [9.17, 15) is 4.79 Å². The molecule has 0 aromatic carbocycles. The molecule has 0 bridgehead atoms. The second-order valence-electron chi connectivity index (χ2n) is 2.50. The molecule has 6 nitrogen and oxygen atoms in total. The maximum atomic E-state index is 11.3. The van der Waals surface area contributed by atoms with Gasteiger partial charge in [-0.25, -0.2) is 5.10 Å². The fourth-order valence-electron chi connectivity index (χ4n) is 1.11. The summed E-state index contributed by atoms with van der Waals surface area (Å²) in [7, 11) is 1.52. The molecule has 0 fully saturated rings. The van der Waals surface area contributed by atoms with Crippen molar-refractivity contribution in [1.82, 2.24) is 15.4 Å². The smallest absolute Gasteiger partial charge is 0.277 e. The van der Waals surface area contributed by atoms with E-state index >= 15 is 0 Å². The summed E-state index contributed by atoms with van der Waals surface area (Å²) in [5.41, 5.74) is 0.544. The lowest BCUT2D eigenvalue weighted by atomic mass is 10.3. The molecule has 2 aromatic heterocycles. The van der Waals surface area contributed by atoms with Gasteiger partial charge in [-0.1, -0.05) is 5.16 Å². The highest BCUT2D eigenvalue weighted by atomic mass is 16.5. The minimum atomic E-state index is -0.314. The monoisotopic (exact) mass is 181 g/mol. The lowest BCUT2D eigenvalue weighted by Gasteiger charge is -1.90. The summed E-state index contributed by atoms with van der Waals surface area (Å²) in [6.45, 7) is 0.250. The number of nitrogens with one attached hydrogen (secondary N) is 1. The van der Waals surface area contributed by atoms with E-state index in [1.807, 2.05) is 0 Å². The highest BCUT2D eigenvalue weighted by molar-refractivity contribution is 5.76. The largest absolute Gasteiger partial charge is 0.378 e. The number of aromatic amines is 1. The zero-order valence-corrected chi connectivity index (χ0v) is 6.90. The number of methoxy groups -OCH3 is 1. The van der Waals surface area contributed by atoms with Gasteiger partial charge in [-0.3, -0.25) is 4.79 Å². The van der Waals surface area contributed by atoms with Crippen LogP contribution < -0.4 is 5.56 Å². The van der Waals surface area contributed by atoms with Crippen LogP contribution >= 0.6 is 0 Å². The molecule has 1 N–H and O–H groups in total. The predicted molar refractivity (Wildman–Crippen MR) is 43.1 cm³/mol. The van der Waals surface area contributed by atoms with Gasteiger partial charge in [0.15, 0.2) is 5.58 Å². The van der Waals surface area contributed by atoms with Gasteiger partial charge in [0.2, 0.25) is 0 Å². The summed E-state index contributed by atoms with van der Waals surface area (Å²) in [4.78, 5) is 11.3. The fourth-order valence-corrected chi connectivity index (χ4v) is 1.11. The third-order valence-corrected chi connectivity index (χ3v) is 1.65. The third-order valence-electron chi connectivity index (χ3n) is 1.65. The summed E-state index contributed by atoms with van der Waals surface area (Å²) in [6, 6.07) is 0. The van der Waals surface area contributed by atoms with Gasteiger partial charge in [-0.15, -0.1) is 0 Å². The highest BCUT2D eigenvalue weighted by Crippen LogP contribution is 2.12. The van der Waals surface area contributed by atoms with Crippen molar-refractivity contribution in [2.45, 2.75) is 6.61 Å². The molecule has 0 aliphatic heterocycles. The zero-order chi connectivity index (χ0) is 9.26. The van der Waals surface area contributed by atoms with E-state index in [1.165, 1.54) is 13.3 Å². The second kappa shape index (κ2) is 2.98. The fraction of sp³-hybridized carbons (Fsp3) is 0.286. The molecule has 0 atom stereocenters. The summed E-state index contributed by atoms with van der Waals surface area (Å²) < 4.78 is 9.72. The molecule has 0 amide bonds. The van der Waals surface area contributed by atoms with Crippen molar-refractivity contribution in [1.29, 1.82) is 0 Å². The first-order valence-corrected chi connectivity index (χ1v) is 3.64. The zero-order valence-electron chi connectivity index (χ0n) is 6.90. The molecular formula is C7H7N3O3. The van der Waals surface area contributed by atoms with E-state index in [-0.39, 0.29) is 12.2 Å². The van der Waals surface area contributed by atoms with Crippen molar-refractivity contribution >= 4 is 11.0 Å². The van der Waals surface area contributed by atoms with E-state index in [4.69, 9.17) is 9.26 Å². The van der Waals surface area contributed by atoms with Crippen LogP contribution in [0.5, 0.6) is 0 Å². The van der Waals surface area contributed by atoms with Gasteiger partial charge in [0.05, 0.1) is 12.8 Å². The summed E-state index contributed by atoms with van der Waals surface area (Å²) in [5, 5.41) is 9.96. The maximum Gasteiger partial charge on any atom is 0.277 e. The average Bonchev–Trinajstić information content (AvgIpc) is 2.51. The molecule has 0 spiro atoms. The predicted octanol–water partition coefficient (Wildman–Crippen LogP) is 0.0575. The number of hydrogen-bond acceptors (Lipinski definition) is 5. The molecule has 0 radical (unpaired) electrons. The van der Waals surface area contributed by atoms with Crippen LogP contribution in [0.1, 0.15) is 5.69 Å². The standard InChI is InChI=1S/C7H7N3O3/c1-12-3-4-6-5(13-10-4)2-8-9-7(6)11/h2H,3H2,1H3,(H,9,11). The molecule has 6 heteroatoms. The Morgan fingerprint density at radius 2 is 2.54 bits per heavy atom. The SMILES string of the molecule is COCc1noc2cn[nH]c(=O)c12. The third kappa shape index (κ3) is 1.20. The summed E-state index contributed by atoms with van der Waals surface area (Å²) in [6.07, 6.45) is 1.41. The van der Waals surface area contributed by atoms with Crippen molar-refractivity contribution in [3.8, 4) is 0 Å². The first-order valence-electron chi connectivity index (χ1n) is 3.64. The Morgan fingerprint density at radius 3 is 3.31 bits per heavy atom. The molecule has 0 aliphatic carbocycles. The van der Waals surface area contributed by atoms with Crippen molar-refractivity contribution in [2.75, 3.05) is 7.11 Å². The van der Waals surface area contributed by atoms with Gasteiger partial charge < -0.3 is 9.26 Å². The van der Waals surface area contributed by atoms with Crippen LogP contribution in [0.25, 0.3) is 11.0 Å². The average molecular weight is 181 g/mol. The Labute approximate surface area is 72.5 Å². The molecule has 0 saturated heterocycles. The minimum Gasteiger partial charge on any atom is -0.378 e. The number of hydrogen-bond donors (Lipinski definition) is 1. The molecule has 0 aliphatic rings. The van der Waals surface area contributed by atoms with E-state index in [0.717, 1.165) is 0 Å². The molecule has 0 saturated carbocycles. The number of fused-ring (bicyclic) bond motifs is 1. The number of nitrogens with zero attached hydrogens (tertiary/aromatic N) is 2. The Kier molecular flexibility index (Phi) is 1.82. The molecule has 2 heterocycles. The molecule has 2 aromatic rings. The van der Waals surface area contributed by atoms with Crippen LogP contribution in [0.2, 0.25) is 0 Å². The van der Waals surface area contributed by atoms with Gasteiger partial charge in [0, 0.05) is 7.11 Å². The Morgan fingerprint density at radius 1 is 1.69 bits per heavy atom. The van der Waals surface area contributed by atoms with Gasteiger partial charge in [-0.2, -0.15) is 5.10 Å². The first kappa shape index (κ1) is 7.93. The minimum absolute atomic E-state index is 0.250. The Bertz CT molecular complexity index is 473. The summed E-state index contributed by atoms with van der Waals surface area (Å²) in [5.74, 6) is 0. The molecule has 68 valence electrons. The van der Waals surface area contributed by atoms with Crippen molar-refractivity contribution in [3.63, 3.8) is 0 Å². The number of aromatic nitrogens is 3. The van der Waals surface area contributed by atoms with E-state index in [1.54, 1.807) is 0 Å². The van der Waals surface area contributed by atoms with Gasteiger partial charge in [-0.05, 0) is 0 Å². The Hall–Kier alpha value is -1.69. The highest BCUT2D eigenvalue weighted by Gasteiger charge is 2.11. The van der Waals surface area contributed by atoms with Gasteiger partial charge >= 0.3 is 0 Å². The maximum absolute atomic E-state index is 11.3. The Balaban J connectivity index is 2.71. The van der Waals surface area contributed by atoms with Gasteiger partial charge in [0.25, 0.3) is 5.56 Å². The van der Waals surface area contributed by atoms with Crippen LogP contribution in [-0.2, 0) is 11.3 Å². The molecule has 13 heavy (non-hydrogen) atoms. The lowest BCUT2D eigenvalue weighted by molar-refractivity contribution is 0.178. The van der Waals surface area contributed by atoms with E-state index in [0.29, 0.717) is 16.7 Å². The molecule has 2 rings (SSSR count). The summed E-state index contributed by atoms with van der Waals surface area (Å²) >= 11 is 0. The normalized spacial score (nSPS) is 10.8. The van der Waals surface area contributed by atoms with Crippen LogP contribution in [0, 0.1) is 0 Å². The molecule has 0 unspecified atom stereocenters. The van der Waals surface area contributed by atoms with Crippen LogP contribution in [-0.4, -0.2) is 22.5 Å². The van der Waals surface area contributed by atoms with Gasteiger partial charge in [0.1, 0.15) is 11.1 Å².